The summed E-state index contributed by atoms with van der Waals surface area (Å²) in [7, 11) is 0. The normalized spacial score (nSPS) is 10.7. The number of unbranched alkanes of at least 4 members (excludes halogenated alkanes) is 2. The summed E-state index contributed by atoms with van der Waals surface area (Å²) in [6.45, 7) is 8.71. The Morgan fingerprint density at radius 3 is 2.53 bits per heavy atom. The highest BCUT2D eigenvalue weighted by atomic mass is 16.1. The van der Waals surface area contributed by atoms with Gasteiger partial charge in [-0.2, -0.15) is 0 Å². The Labute approximate surface area is 94.0 Å². The molecule has 0 aliphatic heterocycles. The van der Waals surface area contributed by atoms with E-state index in [0.29, 0.717) is 12.5 Å². The van der Waals surface area contributed by atoms with Gasteiger partial charge in [0.05, 0.1) is 6.54 Å². The summed E-state index contributed by atoms with van der Waals surface area (Å²) < 4.78 is 0. The molecule has 15 heavy (non-hydrogen) atoms. The summed E-state index contributed by atoms with van der Waals surface area (Å²) >= 11 is 0. The molecule has 0 aromatic carbocycles. The second-order valence-corrected chi connectivity index (χ2v) is 4.42. The van der Waals surface area contributed by atoms with Gasteiger partial charge < -0.3 is 10.6 Å². The molecule has 0 heterocycles. The van der Waals surface area contributed by atoms with E-state index < -0.39 is 0 Å². The van der Waals surface area contributed by atoms with Crippen molar-refractivity contribution in [3.63, 3.8) is 0 Å². The number of hydrogen-bond donors (Lipinski definition) is 2. The summed E-state index contributed by atoms with van der Waals surface area (Å²) in [6, 6.07) is 0. The van der Waals surface area contributed by atoms with E-state index in [1.165, 1.54) is 12.8 Å². The fraction of sp³-hybridized carbons (Fsp3) is 0.917. The van der Waals surface area contributed by atoms with Gasteiger partial charge in [0.25, 0.3) is 0 Å². The molecule has 2 N–H and O–H groups in total. The molecular formula is C12H26N2O. The highest BCUT2D eigenvalue weighted by molar-refractivity contribution is 5.77. The second-order valence-electron chi connectivity index (χ2n) is 4.42. The van der Waals surface area contributed by atoms with Crippen LogP contribution in [0, 0.1) is 5.92 Å². The molecule has 0 aliphatic rings. The maximum atomic E-state index is 11.3. The van der Waals surface area contributed by atoms with Crippen LogP contribution in [-0.2, 0) is 4.79 Å². The Morgan fingerprint density at radius 1 is 1.20 bits per heavy atom. The van der Waals surface area contributed by atoms with Crippen molar-refractivity contribution >= 4 is 5.91 Å². The van der Waals surface area contributed by atoms with Crippen molar-refractivity contribution in [2.24, 2.45) is 5.92 Å². The van der Waals surface area contributed by atoms with E-state index >= 15 is 0 Å². The van der Waals surface area contributed by atoms with E-state index in [9.17, 15) is 4.79 Å². The monoisotopic (exact) mass is 214 g/mol. The van der Waals surface area contributed by atoms with Crippen LogP contribution in [0.2, 0.25) is 0 Å². The minimum Gasteiger partial charge on any atom is -0.355 e. The van der Waals surface area contributed by atoms with Gasteiger partial charge in [-0.05, 0) is 25.3 Å². The van der Waals surface area contributed by atoms with Crippen molar-refractivity contribution in [2.75, 3.05) is 19.6 Å². The summed E-state index contributed by atoms with van der Waals surface area (Å²) in [5.41, 5.74) is 0. The van der Waals surface area contributed by atoms with Crippen LogP contribution in [0.1, 0.15) is 46.5 Å². The van der Waals surface area contributed by atoms with Crippen LogP contribution in [0.15, 0.2) is 0 Å². The maximum absolute atomic E-state index is 11.3. The summed E-state index contributed by atoms with van der Waals surface area (Å²) in [5.74, 6) is 0.773. The van der Waals surface area contributed by atoms with Crippen molar-refractivity contribution < 1.29 is 4.79 Å². The Balaban J connectivity index is 3.19. The van der Waals surface area contributed by atoms with E-state index in [1.807, 2.05) is 0 Å². The summed E-state index contributed by atoms with van der Waals surface area (Å²) in [4.78, 5) is 11.3. The van der Waals surface area contributed by atoms with Crippen LogP contribution in [0.4, 0.5) is 0 Å². The van der Waals surface area contributed by atoms with Crippen molar-refractivity contribution in [3.05, 3.63) is 0 Å². The standard InChI is InChI=1S/C12H26N2O/c1-4-5-6-8-13-10-12(15)14-9-7-11(2)3/h11,13H,4-10H2,1-3H3,(H,14,15). The van der Waals surface area contributed by atoms with Crippen LogP contribution in [0.25, 0.3) is 0 Å². The zero-order valence-corrected chi connectivity index (χ0v) is 10.4. The molecule has 3 nitrogen and oxygen atoms in total. The first-order valence-corrected chi connectivity index (χ1v) is 6.14. The first-order valence-electron chi connectivity index (χ1n) is 6.14. The van der Waals surface area contributed by atoms with Gasteiger partial charge in [0, 0.05) is 6.54 Å². The summed E-state index contributed by atoms with van der Waals surface area (Å²) in [6.07, 6.45) is 4.68. The Kier molecular flexibility index (Phi) is 9.59. The van der Waals surface area contributed by atoms with Crippen LogP contribution in [0.3, 0.4) is 0 Å². The van der Waals surface area contributed by atoms with Gasteiger partial charge in [-0.3, -0.25) is 4.79 Å². The molecule has 3 heteroatoms. The third-order valence-corrected chi connectivity index (χ3v) is 2.29. The third kappa shape index (κ3) is 11.4. The quantitative estimate of drug-likeness (QED) is 0.576. The summed E-state index contributed by atoms with van der Waals surface area (Å²) in [5, 5.41) is 6.05. The maximum Gasteiger partial charge on any atom is 0.233 e. The van der Waals surface area contributed by atoms with Crippen LogP contribution in [0.5, 0.6) is 0 Å². The molecule has 0 spiro atoms. The van der Waals surface area contributed by atoms with Gasteiger partial charge in [-0.15, -0.1) is 0 Å². The molecular weight excluding hydrogens is 188 g/mol. The third-order valence-electron chi connectivity index (χ3n) is 2.29. The lowest BCUT2D eigenvalue weighted by molar-refractivity contribution is -0.120. The minimum absolute atomic E-state index is 0.118. The predicted molar refractivity (Wildman–Crippen MR) is 64.9 cm³/mol. The number of rotatable bonds is 9. The number of amides is 1. The molecule has 0 saturated carbocycles. The minimum atomic E-state index is 0.118. The van der Waals surface area contributed by atoms with Crippen LogP contribution >= 0.6 is 0 Å². The highest BCUT2D eigenvalue weighted by Crippen LogP contribution is 1.95. The Bertz CT molecular complexity index is 158. The van der Waals surface area contributed by atoms with Crippen molar-refractivity contribution in [1.29, 1.82) is 0 Å². The van der Waals surface area contributed by atoms with Crippen molar-refractivity contribution in [1.82, 2.24) is 10.6 Å². The lowest BCUT2D eigenvalue weighted by Crippen LogP contribution is -2.35. The van der Waals surface area contributed by atoms with E-state index in [1.54, 1.807) is 0 Å². The molecule has 0 aliphatic carbocycles. The van der Waals surface area contributed by atoms with Gasteiger partial charge in [0.1, 0.15) is 0 Å². The Morgan fingerprint density at radius 2 is 1.93 bits per heavy atom. The smallest absolute Gasteiger partial charge is 0.233 e. The molecule has 0 fully saturated rings. The molecule has 1 amide bonds. The zero-order chi connectivity index (χ0) is 11.5. The highest BCUT2D eigenvalue weighted by Gasteiger charge is 2.00. The fourth-order valence-corrected chi connectivity index (χ4v) is 1.26. The molecule has 0 saturated heterocycles. The first kappa shape index (κ1) is 14.4. The van der Waals surface area contributed by atoms with Crippen LogP contribution < -0.4 is 10.6 Å². The topological polar surface area (TPSA) is 41.1 Å². The van der Waals surface area contributed by atoms with Gasteiger partial charge >= 0.3 is 0 Å². The van der Waals surface area contributed by atoms with Crippen molar-refractivity contribution in [2.45, 2.75) is 46.5 Å². The number of carbonyl (C=O) groups excluding carboxylic acids is 1. The Hall–Kier alpha value is -0.570. The molecule has 0 atom stereocenters. The molecule has 0 aromatic heterocycles. The van der Waals surface area contributed by atoms with E-state index in [4.69, 9.17) is 0 Å². The SMILES string of the molecule is CCCCCNCC(=O)NCCC(C)C. The average Bonchev–Trinajstić information content (AvgIpc) is 2.17. The molecule has 0 aromatic rings. The van der Waals surface area contributed by atoms with E-state index in [-0.39, 0.29) is 5.91 Å². The van der Waals surface area contributed by atoms with Gasteiger partial charge in [0.2, 0.25) is 5.91 Å². The predicted octanol–water partition coefficient (Wildman–Crippen LogP) is 1.93. The fourth-order valence-electron chi connectivity index (χ4n) is 1.26. The average molecular weight is 214 g/mol. The molecule has 0 rings (SSSR count). The lowest BCUT2D eigenvalue weighted by atomic mass is 10.1. The molecule has 0 bridgehead atoms. The second kappa shape index (κ2) is 9.97. The van der Waals surface area contributed by atoms with E-state index in [0.717, 1.165) is 25.9 Å². The van der Waals surface area contributed by atoms with Crippen molar-refractivity contribution in [3.8, 4) is 0 Å². The number of nitrogens with one attached hydrogen (secondary N) is 2. The van der Waals surface area contributed by atoms with Gasteiger partial charge in [-0.25, -0.2) is 0 Å². The molecule has 90 valence electrons. The zero-order valence-electron chi connectivity index (χ0n) is 10.4. The number of hydrogen-bond acceptors (Lipinski definition) is 2. The first-order chi connectivity index (χ1) is 7.16. The molecule has 0 unspecified atom stereocenters. The van der Waals surface area contributed by atoms with Gasteiger partial charge in [0.15, 0.2) is 0 Å². The number of carbonyl (C=O) groups is 1. The molecule has 0 radical (unpaired) electrons. The largest absolute Gasteiger partial charge is 0.355 e. The van der Waals surface area contributed by atoms with Crippen LogP contribution in [-0.4, -0.2) is 25.5 Å². The van der Waals surface area contributed by atoms with Gasteiger partial charge in [-0.1, -0.05) is 33.6 Å². The lowest BCUT2D eigenvalue weighted by Gasteiger charge is -2.07. The van der Waals surface area contributed by atoms with E-state index in [2.05, 4.69) is 31.4 Å².